The van der Waals surface area contributed by atoms with E-state index in [0.717, 1.165) is 211 Å². The number of aromatic nitrogens is 4. The van der Waals surface area contributed by atoms with Gasteiger partial charge in [-0.25, -0.2) is 9.97 Å². The van der Waals surface area contributed by atoms with Gasteiger partial charge in [0.15, 0.2) is 0 Å². The molecule has 425 valence electrons. The smallest absolute Gasteiger partial charge is 0.352 e. The van der Waals surface area contributed by atoms with E-state index in [4.69, 9.17) is 9.97 Å². The van der Waals surface area contributed by atoms with Crippen molar-refractivity contribution in [2.45, 2.75) is 0 Å². The molecule has 0 spiro atoms. The minimum atomic E-state index is 0. The topological polar surface area (TPSA) is 57.4 Å². The third-order valence-electron chi connectivity index (χ3n) is 17.5. The molecule has 2 N–H and O–H groups in total. The Labute approximate surface area is 587 Å². The van der Waals surface area contributed by atoms with E-state index in [9.17, 15) is 0 Å². The molecule has 5 heterocycles. The summed E-state index contributed by atoms with van der Waals surface area (Å²) in [6, 6.07) is 78.7. The molecule has 15 aromatic rings. The van der Waals surface area contributed by atoms with Gasteiger partial charge in [-0.1, -0.05) is 194 Å². The third kappa shape index (κ3) is 8.87. The molecule has 0 unspecified atom stereocenters. The van der Waals surface area contributed by atoms with Crippen LogP contribution in [0, 0.1) is 0 Å². The zero-order valence-corrected chi connectivity index (χ0v) is 59.8. The fourth-order valence-corrected chi connectivity index (χ4v) is 17.5. The van der Waals surface area contributed by atoms with Crippen molar-refractivity contribution < 1.29 is 16.8 Å². The summed E-state index contributed by atoms with van der Waals surface area (Å²) in [6.45, 7) is 0. The van der Waals surface area contributed by atoms with Gasteiger partial charge in [0.2, 0.25) is 0 Å². The first-order valence-corrected chi connectivity index (χ1v) is 34.7. The first-order valence-electron chi connectivity index (χ1n) is 28.3. The summed E-state index contributed by atoms with van der Waals surface area (Å²) >= 11 is 34.6. The first kappa shape index (κ1) is 57.8. The summed E-state index contributed by atoms with van der Waals surface area (Å²) in [5.41, 5.74) is 13.6. The molecule has 0 saturated carbocycles. The van der Waals surface area contributed by atoms with Gasteiger partial charge in [0.05, 0.1) is 80.7 Å². The fraction of sp³-hybridized carbons (Fsp3) is 0. The van der Waals surface area contributed by atoms with Crippen LogP contribution in [0.1, 0.15) is 22.8 Å². The number of fused-ring (bicyclic) bond motifs is 20. The van der Waals surface area contributed by atoms with Gasteiger partial charge < -0.3 is 9.97 Å². The fourth-order valence-electron chi connectivity index (χ4n) is 13.7. The number of H-pyrrole nitrogens is 2. The van der Waals surface area contributed by atoms with Gasteiger partial charge in [-0.3, -0.25) is 0 Å². The van der Waals surface area contributed by atoms with E-state index in [1.165, 1.54) is 0 Å². The molecular formula is C76H38Br8CoN4+2. The Balaban J connectivity index is 0.00000636. The molecule has 0 fully saturated rings. The zero-order valence-electron chi connectivity index (χ0n) is 46.0. The Kier molecular flexibility index (Phi) is 14.6. The molecule has 13 heteroatoms. The van der Waals surface area contributed by atoms with E-state index in [0.29, 0.717) is 0 Å². The molecule has 3 aromatic heterocycles. The molecule has 0 aliphatic carbocycles. The van der Waals surface area contributed by atoms with E-state index >= 15 is 0 Å². The number of rotatable bonds is 4. The van der Waals surface area contributed by atoms with Crippen molar-refractivity contribution in [1.82, 2.24) is 19.9 Å². The second-order valence-corrected chi connectivity index (χ2v) is 28.5. The van der Waals surface area contributed by atoms with Gasteiger partial charge in [-0.15, -0.1) is 0 Å². The minimum absolute atomic E-state index is 0. The average molecular weight is 1710 g/mol. The molecule has 2 aliphatic heterocycles. The Morgan fingerprint density at radius 1 is 0.225 bits per heavy atom. The van der Waals surface area contributed by atoms with Gasteiger partial charge in [0.25, 0.3) is 0 Å². The van der Waals surface area contributed by atoms with Crippen molar-refractivity contribution in [1.29, 1.82) is 0 Å². The second-order valence-electron chi connectivity index (χ2n) is 22.1. The van der Waals surface area contributed by atoms with Crippen LogP contribution in [-0.2, 0) is 16.8 Å². The Morgan fingerprint density at radius 3 is 0.618 bits per heavy atom. The maximum atomic E-state index is 6.06. The van der Waals surface area contributed by atoms with E-state index in [2.05, 4.69) is 356 Å². The summed E-state index contributed by atoms with van der Waals surface area (Å²) in [7, 11) is 0. The van der Waals surface area contributed by atoms with E-state index in [1.54, 1.807) is 0 Å². The van der Waals surface area contributed by atoms with Gasteiger partial charge in [0, 0.05) is 22.3 Å². The molecule has 17 rings (SSSR count). The largest absolute Gasteiger partial charge is 2.00 e. The van der Waals surface area contributed by atoms with Crippen LogP contribution in [0.25, 0.3) is 171 Å². The third-order valence-corrected chi connectivity index (χ3v) is 25.9. The van der Waals surface area contributed by atoms with Gasteiger partial charge in [0.1, 0.15) is 0 Å². The normalized spacial score (nSPS) is 12.8. The molecule has 4 nitrogen and oxygen atoms in total. The van der Waals surface area contributed by atoms with Crippen molar-refractivity contribution in [3.63, 3.8) is 0 Å². The number of benzene rings is 12. The molecule has 0 atom stereocenters. The summed E-state index contributed by atoms with van der Waals surface area (Å²) in [5, 5.41) is 17.9. The van der Waals surface area contributed by atoms with Crippen molar-refractivity contribution in [3.8, 4) is 44.5 Å². The summed E-state index contributed by atoms with van der Waals surface area (Å²) in [4.78, 5) is 20.5. The van der Waals surface area contributed by atoms with Crippen LogP contribution in [-0.4, -0.2) is 19.9 Å². The van der Waals surface area contributed by atoms with Crippen LogP contribution in [0.4, 0.5) is 0 Å². The van der Waals surface area contributed by atoms with Crippen LogP contribution in [0.15, 0.2) is 236 Å². The minimum Gasteiger partial charge on any atom is -0.352 e. The van der Waals surface area contributed by atoms with Crippen LogP contribution in [0.5, 0.6) is 0 Å². The molecule has 12 aromatic carbocycles. The number of hydrogen-bond acceptors (Lipinski definition) is 2. The maximum Gasteiger partial charge on any atom is 2.00 e. The number of aromatic amines is 2. The molecule has 89 heavy (non-hydrogen) atoms. The molecule has 0 saturated heterocycles. The van der Waals surface area contributed by atoms with Gasteiger partial charge in [-0.2, -0.15) is 0 Å². The average Bonchev–Trinajstić information content (AvgIpc) is 1.69. The Bertz CT molecular complexity index is 5230. The van der Waals surface area contributed by atoms with Crippen molar-refractivity contribution in [2.75, 3.05) is 0 Å². The molecule has 1 radical (unpaired) electrons. The summed E-state index contributed by atoms with van der Waals surface area (Å²) < 4.78 is 6.42. The molecule has 2 aliphatic rings. The SMILES string of the molecule is BrC1=C(Br)c2nc1c(-c1cc3ccccc3c3ccccc13)c1[nH]c(c(Br)c1Br)c(-c1cc3ccccc3c3ccccc13)c1nc(c(-c3cc4ccccc4c4ccccc34)c3[nH]c(c(Br)c3Br)c2-c2cc3ccccc3c3ccccc23)C(Br)=C1Br.[Co+2]. The monoisotopic (exact) mass is 1700 g/mol. The second kappa shape index (κ2) is 22.5. The van der Waals surface area contributed by atoms with E-state index in [-0.39, 0.29) is 16.8 Å². The molecule has 8 bridgehead atoms. The van der Waals surface area contributed by atoms with Gasteiger partial charge in [-0.05, 0) is 260 Å². The summed E-state index contributed by atoms with van der Waals surface area (Å²) in [6.07, 6.45) is 0. The molecular weight excluding hydrogens is 1670 g/mol. The van der Waals surface area contributed by atoms with E-state index < -0.39 is 0 Å². The Morgan fingerprint density at radius 2 is 0.404 bits per heavy atom. The van der Waals surface area contributed by atoms with Crippen LogP contribution in [0.2, 0.25) is 0 Å². The molecule has 0 amide bonds. The first-order chi connectivity index (χ1) is 43.0. The maximum absolute atomic E-state index is 6.06. The van der Waals surface area contributed by atoms with Crippen LogP contribution < -0.4 is 0 Å². The summed E-state index contributed by atoms with van der Waals surface area (Å²) in [5.74, 6) is 0. The number of nitrogens with one attached hydrogen (secondary N) is 2. The standard InChI is InChI=1S/C76H38Br8N4.Co/c77-61-63(79)71-58(54-34-38-18-2-6-22-42(38)46-26-10-14-30-50(46)54)73-65(81)67(83)75(87-73)60(56-36-40-20-4-8-24-44(40)48-28-12-16-32-52(48)56)76-68(84)66(82)74(88-76)59(55-35-39-19-3-7-23-43(39)47-27-11-15-31-51(47)55)72-64(80)62(78)70(86-72)57(69(61)85-71)53-33-37-17-1-5-21-41(37)45-25-9-13-29-49(45)53;/h1-36,85,88H;/q;+2. The van der Waals surface area contributed by atoms with Crippen molar-refractivity contribution in [2.24, 2.45) is 0 Å². The number of nitrogens with zero attached hydrogens (tertiary/aromatic N) is 2. The predicted octanol–water partition coefficient (Wildman–Crippen LogP) is 26.5. The predicted molar refractivity (Wildman–Crippen MR) is 403 cm³/mol. The van der Waals surface area contributed by atoms with Gasteiger partial charge >= 0.3 is 16.8 Å². The quantitative estimate of drug-likeness (QED) is 0.173. The number of hydrogen-bond donors (Lipinski definition) is 2. The number of halogens is 8. The van der Waals surface area contributed by atoms with Crippen molar-refractivity contribution in [3.05, 3.63) is 259 Å². The van der Waals surface area contributed by atoms with Crippen LogP contribution >= 0.6 is 127 Å². The van der Waals surface area contributed by atoms with E-state index in [1.807, 2.05) is 0 Å². The van der Waals surface area contributed by atoms with Crippen LogP contribution in [0.3, 0.4) is 0 Å². The Hall–Kier alpha value is -6.33. The zero-order chi connectivity index (χ0) is 59.4. The van der Waals surface area contributed by atoms with Crippen molar-refractivity contribution >= 4 is 254 Å².